The number of nitrogens with one attached hydrogen (secondary N) is 1. The van der Waals surface area contributed by atoms with E-state index in [9.17, 15) is 5.11 Å². The van der Waals surface area contributed by atoms with Crippen molar-refractivity contribution in [1.82, 2.24) is 19.9 Å². The van der Waals surface area contributed by atoms with E-state index in [2.05, 4.69) is 32.2 Å². The minimum absolute atomic E-state index is 0.186. The van der Waals surface area contributed by atoms with Crippen LogP contribution >= 0.6 is 0 Å². The van der Waals surface area contributed by atoms with Crippen molar-refractivity contribution >= 4 is 22.8 Å². The normalized spacial score (nSPS) is 16.0. The number of fused-ring (bicyclic) bond motifs is 1. The van der Waals surface area contributed by atoms with Crippen LogP contribution in [0.4, 0.5) is 11.8 Å². The summed E-state index contributed by atoms with van der Waals surface area (Å²) in [6, 6.07) is 11.1. The van der Waals surface area contributed by atoms with Gasteiger partial charge in [0.2, 0.25) is 5.95 Å². The maximum absolute atomic E-state index is 10.1. The zero-order valence-corrected chi connectivity index (χ0v) is 14.7. The highest BCUT2D eigenvalue weighted by molar-refractivity contribution is 5.88. The van der Waals surface area contributed by atoms with Gasteiger partial charge in [0, 0.05) is 11.6 Å². The van der Waals surface area contributed by atoms with Crippen molar-refractivity contribution < 1.29 is 5.11 Å². The molecule has 0 amide bonds. The highest BCUT2D eigenvalue weighted by Gasteiger charge is 2.18. The number of hydrogen-bond donors (Lipinski definition) is 3. The highest BCUT2D eigenvalue weighted by Crippen LogP contribution is 2.29. The lowest BCUT2D eigenvalue weighted by Crippen LogP contribution is -2.37. The third kappa shape index (κ3) is 3.25. The molecule has 1 fully saturated rings. The van der Waals surface area contributed by atoms with Gasteiger partial charge >= 0.3 is 0 Å². The molecule has 3 aromatic rings. The molecule has 1 aliphatic heterocycles. The van der Waals surface area contributed by atoms with Crippen LogP contribution in [0.25, 0.3) is 22.3 Å². The maximum Gasteiger partial charge on any atom is 0.226 e. The lowest BCUT2D eigenvalue weighted by atomic mass is 10.1. The van der Waals surface area contributed by atoms with E-state index in [1.165, 1.54) is 0 Å². The predicted molar refractivity (Wildman–Crippen MR) is 103 cm³/mol. The Morgan fingerprint density at radius 3 is 2.62 bits per heavy atom. The summed E-state index contributed by atoms with van der Waals surface area (Å²) in [5.41, 5.74) is 7.95. The van der Waals surface area contributed by atoms with E-state index in [1.807, 2.05) is 24.3 Å². The van der Waals surface area contributed by atoms with Crippen molar-refractivity contribution in [3.05, 3.63) is 36.4 Å². The summed E-state index contributed by atoms with van der Waals surface area (Å²) >= 11 is 0. The molecule has 7 heteroatoms. The molecule has 0 spiro atoms. The summed E-state index contributed by atoms with van der Waals surface area (Å²) in [6.07, 6.45) is 2.09. The molecule has 0 bridgehead atoms. The molecular weight excluding hydrogens is 328 g/mol. The Kier molecular flexibility index (Phi) is 4.30. The van der Waals surface area contributed by atoms with E-state index in [0.29, 0.717) is 40.1 Å². The van der Waals surface area contributed by atoms with Gasteiger partial charge in [-0.2, -0.15) is 9.97 Å². The summed E-state index contributed by atoms with van der Waals surface area (Å²) in [4.78, 5) is 15.9. The van der Waals surface area contributed by atoms with Gasteiger partial charge in [0.25, 0.3) is 0 Å². The maximum atomic E-state index is 10.1. The first-order valence-electron chi connectivity index (χ1n) is 8.78. The zero-order chi connectivity index (χ0) is 18.1. The number of nitrogens with zero attached hydrogens (tertiary/aromatic N) is 4. The Hall–Kier alpha value is -2.93. The van der Waals surface area contributed by atoms with Crippen LogP contribution in [0.15, 0.2) is 36.4 Å². The van der Waals surface area contributed by atoms with Crippen LogP contribution in [-0.2, 0) is 0 Å². The Morgan fingerprint density at radius 1 is 1.08 bits per heavy atom. The van der Waals surface area contributed by atoms with Crippen molar-refractivity contribution in [1.29, 1.82) is 0 Å². The van der Waals surface area contributed by atoms with Gasteiger partial charge in [0.1, 0.15) is 11.6 Å². The molecule has 4 N–H and O–H groups in total. The molecule has 1 aliphatic rings. The van der Waals surface area contributed by atoms with Crippen molar-refractivity contribution in [2.75, 3.05) is 31.2 Å². The molecule has 0 radical (unpaired) electrons. The van der Waals surface area contributed by atoms with Gasteiger partial charge in [-0.25, -0.2) is 4.98 Å². The number of para-hydroxylation sites is 1. The largest absolute Gasteiger partial charge is 0.507 e. The second-order valence-corrected chi connectivity index (χ2v) is 6.74. The number of nitrogen functional groups attached to an aromatic ring is 1. The molecule has 4 rings (SSSR count). The Labute approximate surface area is 151 Å². The van der Waals surface area contributed by atoms with Crippen molar-refractivity contribution in [2.24, 2.45) is 0 Å². The van der Waals surface area contributed by atoms with E-state index in [-0.39, 0.29) is 5.75 Å². The van der Waals surface area contributed by atoms with Crippen LogP contribution < -0.4 is 11.1 Å². The number of hydrogen-bond acceptors (Lipinski definition) is 7. The van der Waals surface area contributed by atoms with Gasteiger partial charge in [-0.15, -0.1) is 0 Å². The smallest absolute Gasteiger partial charge is 0.226 e. The number of benzene rings is 1. The second kappa shape index (κ2) is 6.76. The quantitative estimate of drug-likeness (QED) is 0.667. The molecule has 1 saturated heterocycles. The molecular formula is C19H22N6O. The molecule has 26 heavy (non-hydrogen) atoms. The topological polar surface area (TPSA) is 100 Å². The first-order chi connectivity index (χ1) is 12.6. The number of likely N-dealkylation sites (tertiary alicyclic amines) is 1. The Morgan fingerprint density at radius 2 is 1.85 bits per heavy atom. The summed E-state index contributed by atoms with van der Waals surface area (Å²) < 4.78 is 0. The monoisotopic (exact) mass is 350 g/mol. The molecule has 3 heterocycles. The van der Waals surface area contributed by atoms with Crippen LogP contribution in [0.3, 0.4) is 0 Å². The van der Waals surface area contributed by atoms with Crippen LogP contribution in [0.5, 0.6) is 5.75 Å². The van der Waals surface area contributed by atoms with Crippen molar-refractivity contribution in [2.45, 2.75) is 18.9 Å². The molecule has 0 atom stereocenters. The molecule has 0 saturated carbocycles. The third-order valence-electron chi connectivity index (χ3n) is 4.82. The molecule has 2 aromatic heterocycles. The van der Waals surface area contributed by atoms with Crippen LogP contribution in [0.2, 0.25) is 0 Å². The summed E-state index contributed by atoms with van der Waals surface area (Å²) in [5.74, 6) is 1.10. The van der Waals surface area contributed by atoms with E-state index < -0.39 is 0 Å². The molecule has 7 nitrogen and oxygen atoms in total. The molecule has 134 valence electrons. The third-order valence-corrected chi connectivity index (χ3v) is 4.82. The van der Waals surface area contributed by atoms with Crippen LogP contribution in [0, 0.1) is 0 Å². The number of rotatable bonds is 3. The van der Waals surface area contributed by atoms with Crippen LogP contribution in [0.1, 0.15) is 12.8 Å². The van der Waals surface area contributed by atoms with E-state index in [1.54, 1.807) is 12.1 Å². The van der Waals surface area contributed by atoms with Crippen molar-refractivity contribution in [3.8, 4) is 17.0 Å². The number of aromatic nitrogens is 3. The number of nitrogens with two attached hydrogens (primary N) is 1. The average Bonchev–Trinajstić information content (AvgIpc) is 2.64. The van der Waals surface area contributed by atoms with Gasteiger partial charge in [-0.1, -0.05) is 12.1 Å². The lowest BCUT2D eigenvalue weighted by Gasteiger charge is -2.29. The lowest BCUT2D eigenvalue weighted by molar-refractivity contribution is 0.263. The molecule has 0 unspecified atom stereocenters. The zero-order valence-electron chi connectivity index (χ0n) is 14.7. The number of piperidine rings is 1. The molecule has 1 aromatic carbocycles. The van der Waals surface area contributed by atoms with Gasteiger partial charge in [0.05, 0.1) is 11.1 Å². The predicted octanol–water partition coefficient (Wildman–Crippen LogP) is 2.49. The second-order valence-electron chi connectivity index (χ2n) is 6.74. The standard InChI is InChI=1S/C19H22N6O/c1-25-10-8-12(9-11-25)21-19-23-17(20)14-6-7-15(22-18(14)24-19)13-4-2-3-5-16(13)26/h2-7,12,26H,8-11H2,1H3,(H3,20,21,22,23,24). The highest BCUT2D eigenvalue weighted by atomic mass is 16.3. The minimum atomic E-state index is 0.186. The molecule has 0 aliphatic carbocycles. The van der Waals surface area contributed by atoms with Crippen molar-refractivity contribution in [3.63, 3.8) is 0 Å². The van der Waals surface area contributed by atoms with Crippen LogP contribution in [-0.4, -0.2) is 51.1 Å². The van der Waals surface area contributed by atoms with Gasteiger partial charge < -0.3 is 21.1 Å². The summed E-state index contributed by atoms with van der Waals surface area (Å²) in [5, 5.41) is 14.2. The fourth-order valence-corrected chi connectivity index (χ4v) is 3.27. The minimum Gasteiger partial charge on any atom is -0.507 e. The van der Waals surface area contributed by atoms with E-state index in [0.717, 1.165) is 25.9 Å². The Bertz CT molecular complexity index is 936. The number of phenolic OH excluding ortho intramolecular Hbond substituents is 1. The van der Waals surface area contributed by atoms with Gasteiger partial charge in [-0.05, 0) is 57.2 Å². The fraction of sp³-hybridized carbons (Fsp3) is 0.316. The SMILES string of the molecule is CN1CCC(Nc2nc(N)c3ccc(-c4ccccc4O)nc3n2)CC1. The number of pyridine rings is 1. The summed E-state index contributed by atoms with van der Waals surface area (Å²) in [7, 11) is 2.13. The fourth-order valence-electron chi connectivity index (χ4n) is 3.27. The van der Waals surface area contributed by atoms with Gasteiger partial charge in [0.15, 0.2) is 5.65 Å². The Balaban J connectivity index is 1.67. The number of phenols is 1. The van der Waals surface area contributed by atoms with E-state index >= 15 is 0 Å². The number of anilines is 2. The number of aromatic hydroxyl groups is 1. The summed E-state index contributed by atoms with van der Waals surface area (Å²) in [6.45, 7) is 2.10. The average molecular weight is 350 g/mol. The van der Waals surface area contributed by atoms with Gasteiger partial charge in [-0.3, -0.25) is 0 Å². The first kappa shape index (κ1) is 16.5. The first-order valence-corrected chi connectivity index (χ1v) is 8.78. The van der Waals surface area contributed by atoms with E-state index in [4.69, 9.17) is 5.73 Å².